The van der Waals surface area contributed by atoms with Gasteiger partial charge < -0.3 is 19.9 Å². The van der Waals surface area contributed by atoms with E-state index in [0.29, 0.717) is 10.6 Å². The van der Waals surface area contributed by atoms with Crippen LogP contribution in [0.2, 0.25) is 5.02 Å². The Balaban J connectivity index is 2.13. The van der Waals surface area contributed by atoms with Crippen LogP contribution in [0.3, 0.4) is 0 Å². The fourth-order valence-electron chi connectivity index (χ4n) is 2.56. The van der Waals surface area contributed by atoms with E-state index < -0.39 is 29.4 Å². The van der Waals surface area contributed by atoms with Gasteiger partial charge in [0.15, 0.2) is 5.60 Å². The van der Waals surface area contributed by atoms with Gasteiger partial charge in [0.05, 0.1) is 13.7 Å². The van der Waals surface area contributed by atoms with Crippen molar-refractivity contribution in [3.8, 4) is 5.75 Å². The van der Waals surface area contributed by atoms with Gasteiger partial charge >= 0.3 is 5.97 Å². The number of methoxy groups -OCH3 is 1. The first-order valence-corrected chi connectivity index (χ1v) is 8.94. The Morgan fingerprint density at radius 1 is 1.25 bits per heavy atom. The molecule has 28 heavy (non-hydrogen) atoms. The lowest BCUT2D eigenvalue weighted by molar-refractivity contribution is -0.149. The molecule has 2 rings (SSSR count). The molecule has 0 radical (unpaired) electrons. The number of nitrogens with one attached hydrogen (secondary N) is 1. The molecule has 0 aliphatic heterocycles. The van der Waals surface area contributed by atoms with Crippen LogP contribution in [0.4, 0.5) is 4.39 Å². The molecule has 0 aliphatic rings. The minimum absolute atomic E-state index is 0.0842. The van der Waals surface area contributed by atoms with Gasteiger partial charge in [-0.05, 0) is 48.4 Å². The summed E-state index contributed by atoms with van der Waals surface area (Å²) < 4.78 is 23.2. The second-order valence-electron chi connectivity index (χ2n) is 6.02. The van der Waals surface area contributed by atoms with E-state index in [9.17, 15) is 19.1 Å². The molecule has 2 unspecified atom stereocenters. The molecule has 2 N–H and O–H groups in total. The first kappa shape index (κ1) is 21.7. The van der Waals surface area contributed by atoms with Gasteiger partial charge in [0.25, 0.3) is 5.91 Å². The molecule has 1 amide bonds. The van der Waals surface area contributed by atoms with Crippen molar-refractivity contribution in [3.63, 3.8) is 0 Å². The predicted molar refractivity (Wildman–Crippen MR) is 101 cm³/mol. The zero-order valence-corrected chi connectivity index (χ0v) is 16.2. The molecule has 0 aliphatic carbocycles. The smallest absolute Gasteiger partial charge is 0.348 e. The van der Waals surface area contributed by atoms with Crippen LogP contribution in [0.25, 0.3) is 0 Å². The van der Waals surface area contributed by atoms with Crippen molar-refractivity contribution in [2.24, 2.45) is 0 Å². The monoisotopic (exact) mass is 409 g/mol. The number of halogens is 2. The van der Waals surface area contributed by atoms with Gasteiger partial charge in [-0.25, -0.2) is 9.18 Å². The first-order valence-electron chi connectivity index (χ1n) is 8.57. The summed E-state index contributed by atoms with van der Waals surface area (Å²) in [5.41, 5.74) is -1.50. The highest BCUT2D eigenvalue weighted by Gasteiger charge is 2.37. The normalized spacial score (nSPS) is 13.9. The van der Waals surface area contributed by atoms with Crippen LogP contribution in [0.5, 0.6) is 5.75 Å². The number of amides is 1. The van der Waals surface area contributed by atoms with Crippen LogP contribution in [-0.4, -0.2) is 36.7 Å². The SMILES string of the molecule is CCC(O)(C(=O)NCC(Oc1ccc(F)cc1)C(=O)OC)c1cccc(Cl)c1. The van der Waals surface area contributed by atoms with E-state index >= 15 is 0 Å². The lowest BCUT2D eigenvalue weighted by Gasteiger charge is -2.27. The van der Waals surface area contributed by atoms with Crippen molar-refractivity contribution < 1.29 is 28.6 Å². The van der Waals surface area contributed by atoms with Gasteiger partial charge in [-0.15, -0.1) is 0 Å². The van der Waals surface area contributed by atoms with E-state index in [1.165, 1.54) is 37.4 Å². The highest BCUT2D eigenvalue weighted by molar-refractivity contribution is 6.30. The van der Waals surface area contributed by atoms with E-state index in [0.717, 1.165) is 0 Å². The summed E-state index contributed by atoms with van der Waals surface area (Å²) in [4.78, 5) is 24.6. The predicted octanol–water partition coefficient (Wildman–Crippen LogP) is 2.81. The van der Waals surface area contributed by atoms with Crippen LogP contribution < -0.4 is 10.1 Å². The fourth-order valence-corrected chi connectivity index (χ4v) is 2.75. The molecule has 0 saturated carbocycles. The zero-order valence-electron chi connectivity index (χ0n) is 15.4. The third-order valence-electron chi connectivity index (χ3n) is 4.19. The lowest BCUT2D eigenvalue weighted by atomic mass is 9.90. The third kappa shape index (κ3) is 5.21. The highest BCUT2D eigenvalue weighted by atomic mass is 35.5. The molecule has 0 spiro atoms. The quantitative estimate of drug-likeness (QED) is 0.655. The number of esters is 1. The summed E-state index contributed by atoms with van der Waals surface area (Å²) in [5, 5.41) is 13.7. The van der Waals surface area contributed by atoms with Crippen molar-refractivity contribution >= 4 is 23.5 Å². The second kappa shape index (κ2) is 9.52. The Bertz CT molecular complexity index is 830. The summed E-state index contributed by atoms with van der Waals surface area (Å²) >= 11 is 5.95. The number of benzene rings is 2. The maximum atomic E-state index is 13.0. The average molecular weight is 410 g/mol. The molecular weight excluding hydrogens is 389 g/mol. The number of rotatable bonds is 8. The Labute approximate surface area is 167 Å². The van der Waals surface area contributed by atoms with Crippen molar-refractivity contribution in [1.29, 1.82) is 0 Å². The maximum Gasteiger partial charge on any atom is 0.348 e. The molecule has 0 aromatic heterocycles. The molecule has 2 atom stereocenters. The van der Waals surface area contributed by atoms with Crippen LogP contribution in [-0.2, 0) is 19.9 Å². The topological polar surface area (TPSA) is 84.9 Å². The van der Waals surface area contributed by atoms with E-state index in [1.54, 1.807) is 25.1 Å². The van der Waals surface area contributed by atoms with E-state index in [4.69, 9.17) is 16.3 Å². The van der Waals surface area contributed by atoms with Gasteiger partial charge in [-0.2, -0.15) is 0 Å². The summed E-state index contributed by atoms with van der Waals surface area (Å²) in [7, 11) is 1.18. The number of hydrogen-bond donors (Lipinski definition) is 2. The summed E-state index contributed by atoms with van der Waals surface area (Å²) in [6.07, 6.45) is -1.10. The van der Waals surface area contributed by atoms with Gasteiger partial charge in [0, 0.05) is 5.02 Å². The summed E-state index contributed by atoms with van der Waals surface area (Å²) in [6.45, 7) is 1.39. The third-order valence-corrected chi connectivity index (χ3v) is 4.43. The van der Waals surface area contributed by atoms with Gasteiger partial charge in [0.2, 0.25) is 6.10 Å². The standard InChI is InChI=1S/C20H21ClFNO5/c1-3-20(26,13-5-4-6-14(21)11-13)19(25)23-12-17(18(24)27-2)28-16-9-7-15(22)8-10-16/h4-11,17,26H,3,12H2,1-2H3,(H,23,25). The second-order valence-corrected chi connectivity index (χ2v) is 6.45. The molecular formula is C20H21ClFNO5. The van der Waals surface area contributed by atoms with Crippen molar-refractivity contribution in [2.45, 2.75) is 25.0 Å². The minimum Gasteiger partial charge on any atom is -0.477 e. The molecule has 0 fully saturated rings. The molecule has 2 aromatic rings. The number of hydrogen-bond acceptors (Lipinski definition) is 5. The molecule has 150 valence electrons. The highest BCUT2D eigenvalue weighted by Crippen LogP contribution is 2.27. The molecule has 6 nitrogen and oxygen atoms in total. The van der Waals surface area contributed by atoms with Gasteiger partial charge in [-0.3, -0.25) is 4.79 Å². The Kier molecular flexibility index (Phi) is 7.37. The Morgan fingerprint density at radius 2 is 1.93 bits per heavy atom. The van der Waals surface area contributed by atoms with Gasteiger partial charge in [0.1, 0.15) is 11.6 Å². The van der Waals surface area contributed by atoms with Crippen molar-refractivity contribution in [1.82, 2.24) is 5.32 Å². The maximum absolute atomic E-state index is 13.0. The summed E-state index contributed by atoms with van der Waals surface area (Å²) in [5.74, 6) is -1.67. The molecule has 0 heterocycles. The molecule has 8 heteroatoms. The first-order chi connectivity index (χ1) is 13.3. The van der Waals surface area contributed by atoms with Crippen LogP contribution in [0.15, 0.2) is 48.5 Å². The van der Waals surface area contributed by atoms with Crippen LogP contribution in [0, 0.1) is 5.82 Å². The Hall–Kier alpha value is -2.64. The average Bonchev–Trinajstić information content (AvgIpc) is 2.70. The van der Waals surface area contributed by atoms with Crippen LogP contribution in [0.1, 0.15) is 18.9 Å². The minimum atomic E-state index is -1.83. The number of aliphatic hydroxyl groups is 1. The zero-order chi connectivity index (χ0) is 20.7. The van der Waals surface area contributed by atoms with E-state index in [-0.39, 0.29) is 18.7 Å². The largest absolute Gasteiger partial charge is 0.477 e. The van der Waals surface area contributed by atoms with Crippen molar-refractivity contribution in [3.05, 3.63) is 64.9 Å². The summed E-state index contributed by atoms with van der Waals surface area (Å²) in [6, 6.07) is 11.4. The Morgan fingerprint density at radius 3 is 2.50 bits per heavy atom. The van der Waals surface area contributed by atoms with E-state index in [1.807, 2.05) is 0 Å². The number of ether oxygens (including phenoxy) is 2. The van der Waals surface area contributed by atoms with Crippen molar-refractivity contribution in [2.75, 3.05) is 13.7 Å². The number of carbonyl (C=O) groups excluding carboxylic acids is 2. The van der Waals surface area contributed by atoms with Gasteiger partial charge in [-0.1, -0.05) is 30.7 Å². The van der Waals surface area contributed by atoms with Crippen LogP contribution >= 0.6 is 11.6 Å². The van der Waals surface area contributed by atoms with E-state index in [2.05, 4.69) is 10.1 Å². The number of carbonyl (C=O) groups is 2. The fraction of sp³-hybridized carbons (Fsp3) is 0.300. The lowest BCUT2D eigenvalue weighted by Crippen LogP contribution is -2.49. The molecule has 0 saturated heterocycles. The molecule has 2 aromatic carbocycles. The molecule has 0 bridgehead atoms.